The summed E-state index contributed by atoms with van der Waals surface area (Å²) in [6, 6.07) is 13.2. The molecule has 2 aromatic rings. The Morgan fingerprint density at radius 2 is 1.82 bits per heavy atom. The molecule has 3 nitrogen and oxygen atoms in total. The van der Waals surface area contributed by atoms with Crippen molar-refractivity contribution in [3.05, 3.63) is 59.2 Å². The van der Waals surface area contributed by atoms with Crippen LogP contribution < -0.4 is 5.32 Å². The number of anilines is 1. The van der Waals surface area contributed by atoms with Gasteiger partial charge in [-0.3, -0.25) is 4.79 Å². The maximum absolute atomic E-state index is 12.7. The smallest absolute Gasteiger partial charge is 0.255 e. The molecule has 0 aromatic heterocycles. The molecule has 150 valence electrons. The van der Waals surface area contributed by atoms with E-state index in [1.165, 1.54) is 24.8 Å². The molecule has 28 heavy (non-hydrogen) atoms. The molecule has 3 heteroatoms. The Hall–Kier alpha value is -2.29. The molecule has 3 rings (SSSR count). The molecule has 0 spiro atoms. The van der Waals surface area contributed by atoms with Crippen molar-refractivity contribution >= 4 is 11.6 Å². The van der Waals surface area contributed by atoms with Crippen LogP contribution in [0, 0.1) is 5.92 Å². The van der Waals surface area contributed by atoms with E-state index in [1.54, 1.807) is 12.1 Å². The zero-order valence-corrected chi connectivity index (χ0v) is 17.6. The predicted octanol–water partition coefficient (Wildman–Crippen LogP) is 6.63. The average molecular weight is 380 g/mol. The molecule has 1 saturated carbocycles. The van der Waals surface area contributed by atoms with Crippen molar-refractivity contribution in [3.8, 4) is 5.75 Å². The minimum atomic E-state index is -0.118. The van der Waals surface area contributed by atoms with E-state index in [1.807, 2.05) is 30.3 Å². The third-order valence-corrected chi connectivity index (χ3v) is 5.98. The summed E-state index contributed by atoms with van der Waals surface area (Å²) >= 11 is 0. The highest BCUT2D eigenvalue weighted by molar-refractivity contribution is 6.04. The molecule has 2 atom stereocenters. The highest BCUT2D eigenvalue weighted by Gasteiger charge is 2.27. The van der Waals surface area contributed by atoms with E-state index in [2.05, 4.69) is 33.0 Å². The van der Waals surface area contributed by atoms with Gasteiger partial charge in [0.25, 0.3) is 5.91 Å². The van der Waals surface area contributed by atoms with Gasteiger partial charge in [0.15, 0.2) is 0 Å². The summed E-state index contributed by atoms with van der Waals surface area (Å²) in [4.78, 5) is 12.7. The van der Waals surface area contributed by atoms with Crippen molar-refractivity contribution < 1.29 is 9.90 Å². The van der Waals surface area contributed by atoms with Crippen molar-refractivity contribution in [2.75, 3.05) is 5.32 Å². The van der Waals surface area contributed by atoms with Crippen LogP contribution in [0.5, 0.6) is 5.75 Å². The van der Waals surface area contributed by atoms with Crippen molar-refractivity contribution in [2.24, 2.45) is 5.92 Å². The van der Waals surface area contributed by atoms with E-state index in [0.717, 1.165) is 30.0 Å². The van der Waals surface area contributed by atoms with Gasteiger partial charge in [-0.25, -0.2) is 0 Å². The minimum absolute atomic E-state index is 0.0672. The maximum atomic E-state index is 12.7. The number of hydrogen-bond acceptors (Lipinski definition) is 2. The third kappa shape index (κ3) is 4.76. The Bertz CT molecular complexity index is 817. The van der Waals surface area contributed by atoms with Crippen molar-refractivity contribution in [1.82, 2.24) is 0 Å². The van der Waals surface area contributed by atoms with Gasteiger partial charge in [0.05, 0.1) is 0 Å². The number of phenolic OH excluding ortho intramolecular Hbond substituents is 1. The summed E-state index contributed by atoms with van der Waals surface area (Å²) in [5, 5.41) is 13.4. The lowest BCUT2D eigenvalue weighted by Crippen LogP contribution is -2.14. The Morgan fingerprint density at radius 1 is 1.11 bits per heavy atom. The van der Waals surface area contributed by atoms with E-state index in [0.29, 0.717) is 17.2 Å². The monoisotopic (exact) mass is 379 g/mol. The molecule has 2 unspecified atom stereocenters. The minimum Gasteiger partial charge on any atom is -0.508 e. The second kappa shape index (κ2) is 8.38. The van der Waals surface area contributed by atoms with Crippen LogP contribution in [-0.2, 0) is 5.41 Å². The molecule has 2 aromatic carbocycles. The fourth-order valence-electron chi connectivity index (χ4n) is 4.31. The van der Waals surface area contributed by atoms with Crippen LogP contribution in [0.25, 0.3) is 0 Å². The number of nitrogens with one attached hydrogen (secondary N) is 1. The average Bonchev–Trinajstić information content (AvgIpc) is 3.11. The zero-order valence-electron chi connectivity index (χ0n) is 17.6. The molecule has 1 aliphatic rings. The van der Waals surface area contributed by atoms with Gasteiger partial charge < -0.3 is 10.4 Å². The van der Waals surface area contributed by atoms with Gasteiger partial charge in [-0.2, -0.15) is 0 Å². The van der Waals surface area contributed by atoms with Crippen LogP contribution in [0.2, 0.25) is 0 Å². The summed E-state index contributed by atoms with van der Waals surface area (Å²) in [5.74, 6) is 1.37. The number of aromatic hydroxyl groups is 1. The molecule has 1 aliphatic carbocycles. The van der Waals surface area contributed by atoms with E-state index in [4.69, 9.17) is 0 Å². The van der Waals surface area contributed by atoms with E-state index in [9.17, 15) is 9.90 Å². The Kier molecular flexibility index (Phi) is 6.12. The lowest BCUT2D eigenvalue weighted by atomic mass is 9.86. The topological polar surface area (TPSA) is 49.3 Å². The first-order valence-corrected chi connectivity index (χ1v) is 10.5. The first-order chi connectivity index (χ1) is 13.3. The Labute approximate surface area is 169 Å². The molecule has 2 N–H and O–H groups in total. The number of carbonyl (C=O) groups excluding carboxylic acids is 1. The largest absolute Gasteiger partial charge is 0.508 e. The normalized spacial score (nSPS) is 19.6. The molecular formula is C25H33NO2. The molecule has 0 radical (unpaired) electrons. The highest BCUT2D eigenvalue weighted by atomic mass is 16.3. The van der Waals surface area contributed by atoms with Crippen LogP contribution in [0.4, 0.5) is 5.69 Å². The Balaban J connectivity index is 1.72. The number of rotatable bonds is 5. The fourth-order valence-corrected chi connectivity index (χ4v) is 4.31. The second-order valence-corrected chi connectivity index (χ2v) is 9.22. The molecule has 1 amide bonds. The Morgan fingerprint density at radius 3 is 2.46 bits per heavy atom. The van der Waals surface area contributed by atoms with Crippen LogP contribution in [-0.4, -0.2) is 11.0 Å². The third-order valence-electron chi connectivity index (χ3n) is 5.98. The fraction of sp³-hybridized carbons (Fsp3) is 0.480. The van der Waals surface area contributed by atoms with Gasteiger partial charge in [0.1, 0.15) is 5.75 Å². The molecule has 0 bridgehead atoms. The lowest BCUT2D eigenvalue weighted by molar-refractivity contribution is 0.102. The van der Waals surface area contributed by atoms with Gasteiger partial charge in [-0.05, 0) is 78.0 Å². The first kappa shape index (κ1) is 20.4. The van der Waals surface area contributed by atoms with Crippen LogP contribution >= 0.6 is 0 Å². The molecule has 1 fully saturated rings. The number of benzene rings is 2. The standard InChI is InChI=1S/C25H33NO2/c1-5-6-17-7-8-19(15-17)22-16-21(13-14-23(22)27)26-24(28)18-9-11-20(12-10-18)25(2,3)4/h9-14,16-17,19,27H,5-8,15H2,1-4H3,(H,26,28). The highest BCUT2D eigenvalue weighted by Crippen LogP contribution is 2.43. The lowest BCUT2D eigenvalue weighted by Gasteiger charge is -2.19. The van der Waals surface area contributed by atoms with Gasteiger partial charge >= 0.3 is 0 Å². The molecule has 0 saturated heterocycles. The van der Waals surface area contributed by atoms with E-state index in [-0.39, 0.29) is 11.3 Å². The molecular weight excluding hydrogens is 346 g/mol. The van der Waals surface area contributed by atoms with Crippen LogP contribution in [0.3, 0.4) is 0 Å². The summed E-state index contributed by atoms with van der Waals surface area (Å²) in [5.41, 5.74) is 3.64. The first-order valence-electron chi connectivity index (χ1n) is 10.5. The summed E-state index contributed by atoms with van der Waals surface area (Å²) in [7, 11) is 0. The second-order valence-electron chi connectivity index (χ2n) is 9.22. The van der Waals surface area contributed by atoms with Crippen molar-refractivity contribution in [1.29, 1.82) is 0 Å². The number of phenols is 1. The SMILES string of the molecule is CCCC1CCC(c2cc(NC(=O)c3ccc(C(C)(C)C)cc3)ccc2O)C1. The van der Waals surface area contributed by atoms with E-state index < -0.39 is 0 Å². The number of carbonyl (C=O) groups is 1. The van der Waals surface area contributed by atoms with Gasteiger partial charge in [0, 0.05) is 11.3 Å². The summed E-state index contributed by atoms with van der Waals surface area (Å²) in [6.45, 7) is 8.71. The predicted molar refractivity (Wildman–Crippen MR) is 116 cm³/mol. The van der Waals surface area contributed by atoms with Crippen LogP contribution in [0.15, 0.2) is 42.5 Å². The van der Waals surface area contributed by atoms with Crippen molar-refractivity contribution in [3.63, 3.8) is 0 Å². The molecule has 0 heterocycles. The van der Waals surface area contributed by atoms with Gasteiger partial charge in [-0.15, -0.1) is 0 Å². The number of hydrogen-bond donors (Lipinski definition) is 2. The van der Waals surface area contributed by atoms with Gasteiger partial charge in [0.2, 0.25) is 0 Å². The number of amides is 1. The van der Waals surface area contributed by atoms with E-state index >= 15 is 0 Å². The summed E-state index contributed by atoms with van der Waals surface area (Å²) < 4.78 is 0. The van der Waals surface area contributed by atoms with Crippen molar-refractivity contribution in [2.45, 2.75) is 71.1 Å². The maximum Gasteiger partial charge on any atom is 0.255 e. The molecule has 0 aliphatic heterocycles. The van der Waals surface area contributed by atoms with Crippen LogP contribution in [0.1, 0.15) is 87.2 Å². The summed E-state index contributed by atoms with van der Waals surface area (Å²) in [6.07, 6.45) is 5.96. The zero-order chi connectivity index (χ0) is 20.3. The van der Waals surface area contributed by atoms with Gasteiger partial charge in [-0.1, -0.05) is 52.7 Å². The quantitative estimate of drug-likeness (QED) is 0.573.